The molecular weight excluding hydrogens is 216 g/mol. The van der Waals surface area contributed by atoms with Crippen molar-refractivity contribution in [1.82, 2.24) is 0 Å². The number of aliphatic hydroxyl groups excluding tert-OH is 1. The molecule has 0 bridgehead atoms. The molecule has 3 nitrogen and oxygen atoms in total. The fourth-order valence-corrected chi connectivity index (χ4v) is 1.52. The molecule has 0 aliphatic rings. The summed E-state index contributed by atoms with van der Waals surface area (Å²) in [5, 5.41) is 9.89. The minimum atomic E-state index is -0.571. The predicted molar refractivity (Wildman–Crippen MR) is 69.7 cm³/mol. The number of carbonyl (C=O) groups is 1. The smallest absolute Gasteiger partial charge is 0.311 e. The van der Waals surface area contributed by atoms with Crippen molar-refractivity contribution in [2.75, 3.05) is 6.61 Å². The van der Waals surface area contributed by atoms with Gasteiger partial charge in [0.15, 0.2) is 0 Å². The van der Waals surface area contributed by atoms with Crippen molar-refractivity contribution in [3.8, 4) is 0 Å². The number of hydrogen-bond donors (Lipinski definition) is 1. The summed E-state index contributed by atoms with van der Waals surface area (Å²) in [4.78, 5) is 11.6. The van der Waals surface area contributed by atoms with Crippen LogP contribution in [0, 0.1) is 11.8 Å². The van der Waals surface area contributed by atoms with E-state index in [1.807, 2.05) is 0 Å². The van der Waals surface area contributed by atoms with E-state index in [-0.39, 0.29) is 5.97 Å². The number of rotatable bonds is 9. The molecular formula is C14H28O3. The van der Waals surface area contributed by atoms with Gasteiger partial charge in [0.05, 0.1) is 18.6 Å². The maximum atomic E-state index is 11.6. The van der Waals surface area contributed by atoms with Crippen molar-refractivity contribution in [2.45, 2.75) is 65.9 Å². The molecule has 0 heterocycles. The first kappa shape index (κ1) is 16.4. The third-order valence-corrected chi connectivity index (χ3v) is 3.34. The van der Waals surface area contributed by atoms with Crippen LogP contribution in [0.1, 0.15) is 59.8 Å². The van der Waals surface area contributed by atoms with Crippen LogP contribution in [-0.4, -0.2) is 23.8 Å². The van der Waals surface area contributed by atoms with Crippen molar-refractivity contribution in [2.24, 2.45) is 11.8 Å². The third kappa shape index (κ3) is 7.37. The Labute approximate surface area is 106 Å². The highest BCUT2D eigenvalue weighted by Gasteiger charge is 2.23. The van der Waals surface area contributed by atoms with Gasteiger partial charge in [-0.2, -0.15) is 0 Å². The Morgan fingerprint density at radius 3 is 2.41 bits per heavy atom. The van der Waals surface area contributed by atoms with Crippen molar-refractivity contribution in [3.05, 3.63) is 0 Å². The number of carbonyl (C=O) groups excluding carboxylic acids is 1. The lowest BCUT2D eigenvalue weighted by molar-refractivity contribution is -0.152. The molecule has 0 amide bonds. The number of esters is 1. The van der Waals surface area contributed by atoms with E-state index < -0.39 is 12.0 Å². The Hall–Kier alpha value is -0.570. The molecule has 1 N–H and O–H groups in total. The minimum Gasteiger partial charge on any atom is -0.465 e. The summed E-state index contributed by atoms with van der Waals surface area (Å²) in [5.74, 6) is -0.0704. The standard InChI is InChI=1S/C14H28O3/c1-5-7-10-17-14(16)12(4)13(15)9-8-11(3)6-2/h11-13,15H,5-10H2,1-4H3/t11-,12+,13+/m0/s1. The average molecular weight is 244 g/mol. The van der Waals surface area contributed by atoms with Gasteiger partial charge in [0.25, 0.3) is 0 Å². The van der Waals surface area contributed by atoms with Crippen LogP contribution in [0.2, 0.25) is 0 Å². The molecule has 0 aromatic carbocycles. The van der Waals surface area contributed by atoms with Crippen LogP contribution in [0.25, 0.3) is 0 Å². The molecule has 0 radical (unpaired) electrons. The Balaban J connectivity index is 3.85. The van der Waals surface area contributed by atoms with Crippen molar-refractivity contribution >= 4 is 5.97 Å². The van der Waals surface area contributed by atoms with Crippen LogP contribution in [0.3, 0.4) is 0 Å². The number of hydrogen-bond acceptors (Lipinski definition) is 3. The minimum absolute atomic E-state index is 0.268. The van der Waals surface area contributed by atoms with Gasteiger partial charge in [-0.3, -0.25) is 4.79 Å². The molecule has 3 atom stereocenters. The van der Waals surface area contributed by atoms with Crippen LogP contribution >= 0.6 is 0 Å². The number of ether oxygens (including phenoxy) is 1. The van der Waals surface area contributed by atoms with Crippen LogP contribution in [0.15, 0.2) is 0 Å². The summed E-state index contributed by atoms with van der Waals surface area (Å²) in [6.45, 7) is 8.57. The summed E-state index contributed by atoms with van der Waals surface area (Å²) in [6.07, 6.45) is 4.09. The van der Waals surface area contributed by atoms with E-state index in [1.54, 1.807) is 6.92 Å². The lowest BCUT2D eigenvalue weighted by Crippen LogP contribution is -2.28. The van der Waals surface area contributed by atoms with Gasteiger partial charge < -0.3 is 9.84 Å². The van der Waals surface area contributed by atoms with Gasteiger partial charge in [-0.25, -0.2) is 0 Å². The van der Waals surface area contributed by atoms with Crippen LogP contribution in [0.5, 0.6) is 0 Å². The summed E-state index contributed by atoms with van der Waals surface area (Å²) in [6, 6.07) is 0. The zero-order valence-corrected chi connectivity index (χ0v) is 11.7. The largest absolute Gasteiger partial charge is 0.465 e. The highest BCUT2D eigenvalue weighted by atomic mass is 16.5. The normalized spacial score (nSPS) is 16.3. The molecule has 102 valence electrons. The van der Waals surface area contributed by atoms with Crippen LogP contribution < -0.4 is 0 Å². The monoisotopic (exact) mass is 244 g/mol. The third-order valence-electron chi connectivity index (χ3n) is 3.34. The zero-order chi connectivity index (χ0) is 13.3. The summed E-state index contributed by atoms with van der Waals surface area (Å²) >= 11 is 0. The number of unbranched alkanes of at least 4 members (excludes halogenated alkanes) is 1. The van der Waals surface area contributed by atoms with Crippen LogP contribution in [0.4, 0.5) is 0 Å². The van der Waals surface area contributed by atoms with Gasteiger partial charge in [0, 0.05) is 0 Å². The van der Waals surface area contributed by atoms with Crippen LogP contribution in [-0.2, 0) is 9.53 Å². The highest BCUT2D eigenvalue weighted by molar-refractivity contribution is 5.72. The Morgan fingerprint density at radius 1 is 1.24 bits per heavy atom. The molecule has 0 rings (SSSR count). The Bertz CT molecular complexity index is 204. The molecule has 0 aliphatic carbocycles. The Kier molecular flexibility index (Phi) is 9.14. The fourth-order valence-electron chi connectivity index (χ4n) is 1.52. The summed E-state index contributed by atoms with van der Waals surface area (Å²) in [7, 11) is 0. The maximum absolute atomic E-state index is 11.6. The number of aliphatic hydroxyl groups is 1. The van der Waals surface area contributed by atoms with Gasteiger partial charge in [-0.1, -0.05) is 33.6 Å². The SMILES string of the molecule is CCCCOC(=O)[C@H](C)[C@H](O)CC[C@@H](C)CC. The van der Waals surface area contributed by atoms with Crippen molar-refractivity contribution in [3.63, 3.8) is 0 Å². The lowest BCUT2D eigenvalue weighted by atomic mass is 9.95. The topological polar surface area (TPSA) is 46.5 Å². The molecule has 0 spiro atoms. The average Bonchev–Trinajstić information content (AvgIpc) is 2.34. The van der Waals surface area contributed by atoms with E-state index in [0.29, 0.717) is 18.9 Å². The van der Waals surface area contributed by atoms with Crippen molar-refractivity contribution < 1.29 is 14.6 Å². The van der Waals surface area contributed by atoms with E-state index in [2.05, 4.69) is 20.8 Å². The molecule has 0 aromatic rings. The van der Waals surface area contributed by atoms with E-state index in [1.165, 1.54) is 0 Å². The van der Waals surface area contributed by atoms with E-state index in [9.17, 15) is 9.90 Å². The first-order valence-electron chi connectivity index (χ1n) is 6.87. The van der Waals surface area contributed by atoms with E-state index in [4.69, 9.17) is 4.74 Å². The molecule has 0 saturated heterocycles. The van der Waals surface area contributed by atoms with Gasteiger partial charge in [0.1, 0.15) is 0 Å². The fraction of sp³-hybridized carbons (Fsp3) is 0.929. The predicted octanol–water partition coefficient (Wildman–Crippen LogP) is 3.15. The van der Waals surface area contributed by atoms with Gasteiger partial charge in [-0.15, -0.1) is 0 Å². The second-order valence-corrected chi connectivity index (χ2v) is 4.97. The first-order chi connectivity index (χ1) is 8.02. The molecule has 0 fully saturated rings. The summed E-state index contributed by atoms with van der Waals surface area (Å²) in [5.41, 5.74) is 0. The quantitative estimate of drug-likeness (QED) is 0.500. The highest BCUT2D eigenvalue weighted by Crippen LogP contribution is 2.16. The molecule has 0 saturated carbocycles. The van der Waals surface area contributed by atoms with Gasteiger partial charge >= 0.3 is 5.97 Å². The molecule has 0 aromatic heterocycles. The maximum Gasteiger partial charge on any atom is 0.311 e. The lowest BCUT2D eigenvalue weighted by Gasteiger charge is -2.19. The zero-order valence-electron chi connectivity index (χ0n) is 11.7. The Morgan fingerprint density at radius 2 is 1.88 bits per heavy atom. The van der Waals surface area contributed by atoms with Crippen molar-refractivity contribution in [1.29, 1.82) is 0 Å². The molecule has 17 heavy (non-hydrogen) atoms. The molecule has 0 aliphatic heterocycles. The molecule has 3 heteroatoms. The second kappa shape index (κ2) is 9.46. The summed E-state index contributed by atoms with van der Waals surface area (Å²) < 4.78 is 5.10. The second-order valence-electron chi connectivity index (χ2n) is 4.97. The van der Waals surface area contributed by atoms with Gasteiger partial charge in [0.2, 0.25) is 0 Å². The molecule has 0 unspecified atom stereocenters. The van der Waals surface area contributed by atoms with Gasteiger partial charge in [-0.05, 0) is 32.1 Å². The van der Waals surface area contributed by atoms with E-state index in [0.717, 1.165) is 25.7 Å². The van der Waals surface area contributed by atoms with E-state index >= 15 is 0 Å². The first-order valence-corrected chi connectivity index (χ1v) is 6.87.